The Bertz CT molecular complexity index is 816. The number of amides is 1. The maximum atomic E-state index is 11.3. The van der Waals surface area contributed by atoms with Gasteiger partial charge < -0.3 is 9.73 Å². The van der Waals surface area contributed by atoms with Gasteiger partial charge in [0.2, 0.25) is 11.8 Å². The smallest absolute Gasteiger partial charge is 0.239 e. The summed E-state index contributed by atoms with van der Waals surface area (Å²) < 4.78 is 6.86. The van der Waals surface area contributed by atoms with Gasteiger partial charge in [0.1, 0.15) is 11.4 Å². The standard InChI is InChI=1S/C15H10ClIN2O2/c16-8-14(20)18-11-4-5-13-12(7-11)19-15(21-13)9-2-1-3-10(17)6-9/h1-7H,8H2,(H,18,20). The number of carbonyl (C=O) groups is 1. The molecule has 6 heteroatoms. The Morgan fingerprint density at radius 3 is 2.90 bits per heavy atom. The van der Waals surface area contributed by atoms with Crippen molar-refractivity contribution < 1.29 is 9.21 Å². The molecule has 0 aliphatic carbocycles. The van der Waals surface area contributed by atoms with Crippen molar-refractivity contribution in [2.24, 2.45) is 0 Å². The first-order valence-electron chi connectivity index (χ1n) is 6.18. The second-order valence-corrected chi connectivity index (χ2v) is 5.91. The molecule has 2 aromatic carbocycles. The zero-order chi connectivity index (χ0) is 14.8. The molecule has 0 aliphatic rings. The summed E-state index contributed by atoms with van der Waals surface area (Å²) in [5, 5.41) is 2.69. The Hall–Kier alpha value is -1.60. The van der Waals surface area contributed by atoms with E-state index in [9.17, 15) is 4.79 Å². The lowest BCUT2D eigenvalue weighted by molar-refractivity contribution is -0.113. The van der Waals surface area contributed by atoms with Gasteiger partial charge >= 0.3 is 0 Å². The number of halogens is 2. The average Bonchev–Trinajstić information content (AvgIpc) is 2.90. The van der Waals surface area contributed by atoms with Gasteiger partial charge in [-0.25, -0.2) is 4.98 Å². The van der Waals surface area contributed by atoms with E-state index < -0.39 is 0 Å². The molecule has 21 heavy (non-hydrogen) atoms. The summed E-state index contributed by atoms with van der Waals surface area (Å²) in [6, 6.07) is 13.2. The molecule has 0 unspecified atom stereocenters. The Kier molecular flexibility index (Phi) is 4.12. The van der Waals surface area contributed by atoms with Crippen LogP contribution in [0.15, 0.2) is 46.9 Å². The van der Waals surface area contributed by atoms with Crippen LogP contribution in [0.25, 0.3) is 22.6 Å². The number of oxazole rings is 1. The van der Waals surface area contributed by atoms with E-state index in [0.29, 0.717) is 22.7 Å². The maximum Gasteiger partial charge on any atom is 0.239 e. The van der Waals surface area contributed by atoms with Gasteiger partial charge in [0.05, 0.1) is 0 Å². The van der Waals surface area contributed by atoms with Gasteiger partial charge in [-0.15, -0.1) is 11.6 Å². The van der Waals surface area contributed by atoms with Crippen LogP contribution in [0.4, 0.5) is 5.69 Å². The first-order chi connectivity index (χ1) is 10.2. The molecule has 0 saturated carbocycles. The van der Waals surface area contributed by atoms with Crippen molar-refractivity contribution in [3.05, 3.63) is 46.0 Å². The predicted molar refractivity (Wildman–Crippen MR) is 91.5 cm³/mol. The number of carbonyl (C=O) groups excluding carboxylic acids is 1. The van der Waals surface area contributed by atoms with Gasteiger partial charge in [0.15, 0.2) is 5.58 Å². The summed E-state index contributed by atoms with van der Waals surface area (Å²) in [6.07, 6.45) is 0. The van der Waals surface area contributed by atoms with Crippen molar-refractivity contribution in [1.29, 1.82) is 0 Å². The van der Waals surface area contributed by atoms with E-state index in [1.54, 1.807) is 18.2 Å². The van der Waals surface area contributed by atoms with Crippen molar-refractivity contribution in [3.8, 4) is 11.5 Å². The zero-order valence-electron chi connectivity index (χ0n) is 10.8. The minimum atomic E-state index is -0.252. The van der Waals surface area contributed by atoms with Crippen LogP contribution in [0, 0.1) is 3.57 Å². The van der Waals surface area contributed by atoms with Crippen molar-refractivity contribution in [2.45, 2.75) is 0 Å². The van der Waals surface area contributed by atoms with E-state index in [-0.39, 0.29) is 11.8 Å². The SMILES string of the molecule is O=C(CCl)Nc1ccc2oc(-c3cccc(I)c3)nc2c1. The van der Waals surface area contributed by atoms with Crippen molar-refractivity contribution in [1.82, 2.24) is 4.98 Å². The highest BCUT2D eigenvalue weighted by Gasteiger charge is 2.10. The molecule has 0 aliphatic heterocycles. The normalized spacial score (nSPS) is 10.8. The van der Waals surface area contributed by atoms with Crippen LogP contribution in [0.2, 0.25) is 0 Å². The summed E-state index contributed by atoms with van der Waals surface area (Å²) in [5.74, 6) is 0.228. The second-order valence-electron chi connectivity index (χ2n) is 4.39. The number of hydrogen-bond acceptors (Lipinski definition) is 3. The first-order valence-corrected chi connectivity index (χ1v) is 7.79. The molecular formula is C15H10ClIN2O2. The number of nitrogens with zero attached hydrogens (tertiary/aromatic N) is 1. The molecule has 0 spiro atoms. The molecule has 0 fully saturated rings. The molecule has 3 aromatic rings. The molecule has 0 bridgehead atoms. The van der Waals surface area contributed by atoms with E-state index in [4.69, 9.17) is 16.0 Å². The predicted octanol–water partition coefficient (Wildman–Crippen LogP) is 4.28. The minimum absolute atomic E-state index is 0.0788. The Balaban J connectivity index is 1.98. The quantitative estimate of drug-likeness (QED) is 0.516. The molecule has 4 nitrogen and oxygen atoms in total. The minimum Gasteiger partial charge on any atom is -0.436 e. The maximum absolute atomic E-state index is 11.3. The number of alkyl halides is 1. The number of aromatic nitrogens is 1. The number of hydrogen-bond donors (Lipinski definition) is 1. The highest BCUT2D eigenvalue weighted by molar-refractivity contribution is 14.1. The Morgan fingerprint density at radius 2 is 2.14 bits per heavy atom. The van der Waals surface area contributed by atoms with Gasteiger partial charge in [0.25, 0.3) is 0 Å². The molecule has 1 N–H and O–H groups in total. The fraction of sp³-hybridized carbons (Fsp3) is 0.0667. The summed E-state index contributed by atoms with van der Waals surface area (Å²) >= 11 is 7.72. The summed E-state index contributed by atoms with van der Waals surface area (Å²) in [4.78, 5) is 15.8. The van der Waals surface area contributed by atoms with E-state index >= 15 is 0 Å². The third-order valence-corrected chi connectivity index (χ3v) is 3.78. The monoisotopic (exact) mass is 412 g/mol. The van der Waals surface area contributed by atoms with Crippen molar-refractivity contribution in [2.75, 3.05) is 11.2 Å². The van der Waals surface area contributed by atoms with Crippen LogP contribution in [-0.2, 0) is 4.79 Å². The largest absolute Gasteiger partial charge is 0.436 e. The first kappa shape index (κ1) is 14.3. The average molecular weight is 413 g/mol. The Labute approximate surface area is 139 Å². The molecule has 1 amide bonds. The van der Waals surface area contributed by atoms with Gasteiger partial charge in [-0.05, 0) is 59.0 Å². The lowest BCUT2D eigenvalue weighted by Gasteiger charge is -2.01. The van der Waals surface area contributed by atoms with E-state index in [2.05, 4.69) is 32.9 Å². The topological polar surface area (TPSA) is 55.1 Å². The van der Waals surface area contributed by atoms with Crippen molar-refractivity contribution >= 4 is 56.9 Å². The third-order valence-electron chi connectivity index (χ3n) is 2.86. The molecule has 0 atom stereocenters. The molecular weight excluding hydrogens is 403 g/mol. The van der Waals surface area contributed by atoms with Crippen LogP contribution in [0.5, 0.6) is 0 Å². The van der Waals surface area contributed by atoms with Crippen LogP contribution in [0.3, 0.4) is 0 Å². The van der Waals surface area contributed by atoms with Crippen LogP contribution in [0.1, 0.15) is 0 Å². The lowest BCUT2D eigenvalue weighted by atomic mass is 10.2. The summed E-state index contributed by atoms with van der Waals surface area (Å²) in [7, 11) is 0. The number of nitrogens with one attached hydrogen (secondary N) is 1. The molecule has 106 valence electrons. The fourth-order valence-electron chi connectivity index (χ4n) is 1.94. The number of anilines is 1. The highest BCUT2D eigenvalue weighted by Crippen LogP contribution is 2.27. The highest BCUT2D eigenvalue weighted by atomic mass is 127. The van der Waals surface area contributed by atoms with E-state index in [0.717, 1.165) is 9.13 Å². The summed E-state index contributed by atoms with van der Waals surface area (Å²) in [5.41, 5.74) is 2.93. The van der Waals surface area contributed by atoms with E-state index in [1.165, 1.54) is 0 Å². The number of rotatable bonds is 3. The molecule has 0 radical (unpaired) electrons. The van der Waals surface area contributed by atoms with E-state index in [1.807, 2.05) is 24.3 Å². The molecule has 0 saturated heterocycles. The molecule has 3 rings (SSSR count). The van der Waals surface area contributed by atoms with Gasteiger partial charge in [-0.2, -0.15) is 0 Å². The van der Waals surface area contributed by atoms with Gasteiger partial charge in [-0.1, -0.05) is 6.07 Å². The lowest BCUT2D eigenvalue weighted by Crippen LogP contribution is -2.12. The Morgan fingerprint density at radius 1 is 1.29 bits per heavy atom. The van der Waals surface area contributed by atoms with Crippen LogP contribution < -0.4 is 5.32 Å². The fourth-order valence-corrected chi connectivity index (χ4v) is 2.55. The van der Waals surface area contributed by atoms with Crippen molar-refractivity contribution in [3.63, 3.8) is 0 Å². The number of benzene rings is 2. The van der Waals surface area contributed by atoms with Crippen LogP contribution >= 0.6 is 34.2 Å². The zero-order valence-corrected chi connectivity index (χ0v) is 13.7. The van der Waals surface area contributed by atoms with Crippen LogP contribution in [-0.4, -0.2) is 16.8 Å². The third kappa shape index (κ3) is 3.19. The number of fused-ring (bicyclic) bond motifs is 1. The summed E-state index contributed by atoms with van der Waals surface area (Å²) in [6.45, 7) is 0. The van der Waals surface area contributed by atoms with Gasteiger partial charge in [-0.3, -0.25) is 4.79 Å². The molecule has 1 aromatic heterocycles. The molecule has 1 heterocycles. The van der Waals surface area contributed by atoms with Gasteiger partial charge in [0, 0.05) is 14.8 Å². The second kappa shape index (κ2) is 6.03.